The van der Waals surface area contributed by atoms with E-state index in [0.717, 1.165) is 11.1 Å². The molecule has 1 aliphatic heterocycles. The highest BCUT2D eigenvalue weighted by Gasteiger charge is 2.35. The molecule has 0 aromatic heterocycles. The average molecular weight is 277 g/mol. The summed E-state index contributed by atoms with van der Waals surface area (Å²) in [5.74, 6) is 0. The Balaban J connectivity index is 2.27. The van der Waals surface area contributed by atoms with Crippen molar-refractivity contribution in [3.8, 4) is 0 Å². The number of ether oxygens (including phenoxy) is 1. The van der Waals surface area contributed by atoms with Gasteiger partial charge in [0, 0.05) is 16.5 Å². The molecule has 2 rings (SSSR count). The van der Waals surface area contributed by atoms with Gasteiger partial charge in [-0.3, -0.25) is 0 Å². The van der Waals surface area contributed by atoms with E-state index >= 15 is 0 Å². The summed E-state index contributed by atoms with van der Waals surface area (Å²) < 4.78 is 5.56. The summed E-state index contributed by atoms with van der Waals surface area (Å²) in [5.41, 5.74) is 1.72. The van der Waals surface area contributed by atoms with Gasteiger partial charge in [-0.15, -0.1) is 0 Å². The molecule has 0 aliphatic carbocycles. The van der Waals surface area contributed by atoms with Gasteiger partial charge in [-0.2, -0.15) is 0 Å². The molecule has 2 N–H and O–H groups in total. The van der Waals surface area contributed by atoms with Gasteiger partial charge in [0.05, 0.1) is 18.8 Å². The predicted octanol–water partition coefficient (Wildman–Crippen LogP) is 2.49. The summed E-state index contributed by atoms with van der Waals surface area (Å²) in [7, 11) is 0. The molecule has 5 heteroatoms. The minimum absolute atomic E-state index is 0.193. The van der Waals surface area contributed by atoms with Gasteiger partial charge < -0.3 is 14.9 Å². The Morgan fingerprint density at radius 1 is 1.35 bits per heavy atom. The smallest absolute Gasteiger partial charge is 0.107 e. The van der Waals surface area contributed by atoms with Gasteiger partial charge in [0.25, 0.3) is 0 Å². The summed E-state index contributed by atoms with van der Waals surface area (Å²) in [4.78, 5) is 0. The van der Waals surface area contributed by atoms with E-state index in [-0.39, 0.29) is 12.7 Å². The fraction of sp³-hybridized carbons (Fsp3) is 0.500. The second-order valence-electron chi connectivity index (χ2n) is 4.27. The molecule has 94 valence electrons. The minimum atomic E-state index is -0.656. The fourth-order valence-electron chi connectivity index (χ4n) is 2.02. The third-order valence-electron chi connectivity index (χ3n) is 3.03. The van der Waals surface area contributed by atoms with Crippen LogP contribution in [-0.2, 0) is 4.74 Å². The predicted molar refractivity (Wildman–Crippen MR) is 66.5 cm³/mol. The molecule has 0 radical (unpaired) electrons. The monoisotopic (exact) mass is 276 g/mol. The average Bonchev–Trinajstić information content (AvgIpc) is 2.65. The zero-order chi connectivity index (χ0) is 12.6. The van der Waals surface area contributed by atoms with Crippen molar-refractivity contribution in [1.82, 2.24) is 0 Å². The quantitative estimate of drug-likeness (QED) is 0.873. The Bertz CT molecular complexity index is 422. The third kappa shape index (κ3) is 2.59. The molecule has 1 saturated heterocycles. The summed E-state index contributed by atoms with van der Waals surface area (Å²) in [6.07, 6.45) is -1.04. The van der Waals surface area contributed by atoms with Crippen molar-refractivity contribution in [3.05, 3.63) is 33.3 Å². The Labute approximate surface area is 110 Å². The van der Waals surface area contributed by atoms with E-state index in [9.17, 15) is 5.11 Å². The highest BCUT2D eigenvalue weighted by molar-refractivity contribution is 6.35. The Morgan fingerprint density at radius 3 is 2.65 bits per heavy atom. The number of aliphatic hydroxyl groups excluding tert-OH is 2. The van der Waals surface area contributed by atoms with Gasteiger partial charge in [0.2, 0.25) is 0 Å². The topological polar surface area (TPSA) is 49.7 Å². The minimum Gasteiger partial charge on any atom is -0.394 e. The van der Waals surface area contributed by atoms with E-state index in [0.29, 0.717) is 16.5 Å². The van der Waals surface area contributed by atoms with Crippen molar-refractivity contribution >= 4 is 23.2 Å². The first-order chi connectivity index (χ1) is 8.02. The van der Waals surface area contributed by atoms with Crippen LogP contribution in [0.25, 0.3) is 0 Å². The normalized spacial score (nSPS) is 28.6. The molecule has 3 nitrogen and oxygen atoms in total. The van der Waals surface area contributed by atoms with Crippen LogP contribution in [0.5, 0.6) is 0 Å². The van der Waals surface area contributed by atoms with Crippen LogP contribution in [0, 0.1) is 6.92 Å². The number of hydrogen-bond acceptors (Lipinski definition) is 3. The van der Waals surface area contributed by atoms with E-state index in [4.69, 9.17) is 33.0 Å². The number of aliphatic hydroxyl groups is 2. The fourth-order valence-corrected chi connectivity index (χ4v) is 2.52. The zero-order valence-electron chi connectivity index (χ0n) is 9.36. The second kappa shape index (κ2) is 5.12. The first-order valence-electron chi connectivity index (χ1n) is 5.43. The lowest BCUT2D eigenvalue weighted by atomic mass is 10.0. The van der Waals surface area contributed by atoms with E-state index in [1.54, 1.807) is 6.07 Å². The highest BCUT2D eigenvalue weighted by atomic mass is 35.5. The molecule has 1 aliphatic rings. The van der Waals surface area contributed by atoms with Crippen LogP contribution in [0.2, 0.25) is 10.0 Å². The molecule has 0 bridgehead atoms. The number of hydrogen-bond donors (Lipinski definition) is 2. The lowest BCUT2D eigenvalue weighted by molar-refractivity contribution is -0.0225. The number of aryl methyl sites for hydroxylation is 1. The largest absolute Gasteiger partial charge is 0.394 e. The number of halogens is 2. The standard InChI is InChI=1S/C12H14Cl2O3/c1-6-2-7(9(14)3-8(6)13)11-4-10(16)12(5-15)17-11/h2-3,10-12,15-16H,4-5H2,1H3/t10-,11+,12+/m0/s1. The van der Waals surface area contributed by atoms with Crippen LogP contribution in [0.4, 0.5) is 0 Å². The number of benzene rings is 1. The first-order valence-corrected chi connectivity index (χ1v) is 6.18. The van der Waals surface area contributed by atoms with Crippen LogP contribution in [0.3, 0.4) is 0 Å². The second-order valence-corrected chi connectivity index (χ2v) is 5.09. The van der Waals surface area contributed by atoms with Gasteiger partial charge in [-0.05, 0) is 24.1 Å². The maximum Gasteiger partial charge on any atom is 0.107 e. The van der Waals surface area contributed by atoms with Crippen molar-refractivity contribution in [1.29, 1.82) is 0 Å². The molecule has 3 atom stereocenters. The van der Waals surface area contributed by atoms with Crippen LogP contribution >= 0.6 is 23.2 Å². The van der Waals surface area contributed by atoms with Crippen LogP contribution < -0.4 is 0 Å². The van der Waals surface area contributed by atoms with Gasteiger partial charge in [-0.25, -0.2) is 0 Å². The van der Waals surface area contributed by atoms with Crippen molar-refractivity contribution < 1.29 is 14.9 Å². The lowest BCUT2D eigenvalue weighted by Crippen LogP contribution is -2.24. The molecule has 1 fully saturated rings. The highest BCUT2D eigenvalue weighted by Crippen LogP contribution is 2.38. The summed E-state index contributed by atoms with van der Waals surface area (Å²) in [6.45, 7) is 1.69. The van der Waals surface area contributed by atoms with Gasteiger partial charge in [0.1, 0.15) is 6.10 Å². The molecule has 0 saturated carbocycles. The Hall–Kier alpha value is -0.320. The molecule has 0 spiro atoms. The van der Waals surface area contributed by atoms with E-state index in [1.807, 2.05) is 13.0 Å². The molecular formula is C12H14Cl2O3. The van der Waals surface area contributed by atoms with Crippen molar-refractivity contribution in [2.24, 2.45) is 0 Å². The lowest BCUT2D eigenvalue weighted by Gasteiger charge is -2.15. The van der Waals surface area contributed by atoms with E-state index in [2.05, 4.69) is 0 Å². The first kappa shape index (κ1) is 13.1. The maximum absolute atomic E-state index is 9.68. The molecular weight excluding hydrogens is 263 g/mol. The molecule has 17 heavy (non-hydrogen) atoms. The zero-order valence-corrected chi connectivity index (χ0v) is 10.9. The molecule has 1 aromatic rings. The molecule has 1 heterocycles. The van der Waals surface area contributed by atoms with Gasteiger partial charge in [0.15, 0.2) is 0 Å². The van der Waals surface area contributed by atoms with E-state index in [1.165, 1.54) is 0 Å². The molecule has 1 aromatic carbocycles. The Morgan fingerprint density at radius 2 is 2.06 bits per heavy atom. The van der Waals surface area contributed by atoms with Crippen molar-refractivity contribution in [2.75, 3.05) is 6.61 Å². The molecule has 0 amide bonds. The van der Waals surface area contributed by atoms with E-state index < -0.39 is 12.2 Å². The van der Waals surface area contributed by atoms with Gasteiger partial charge in [-0.1, -0.05) is 29.3 Å². The van der Waals surface area contributed by atoms with Crippen LogP contribution in [0.1, 0.15) is 23.7 Å². The van der Waals surface area contributed by atoms with Crippen molar-refractivity contribution in [2.45, 2.75) is 31.7 Å². The maximum atomic E-state index is 9.68. The third-order valence-corrected chi connectivity index (χ3v) is 3.76. The number of rotatable bonds is 2. The summed E-state index contributed by atoms with van der Waals surface area (Å²) >= 11 is 12.1. The molecule has 0 unspecified atom stereocenters. The van der Waals surface area contributed by atoms with Crippen LogP contribution in [0.15, 0.2) is 12.1 Å². The Kier molecular flexibility index (Phi) is 3.95. The van der Waals surface area contributed by atoms with Crippen molar-refractivity contribution in [3.63, 3.8) is 0 Å². The van der Waals surface area contributed by atoms with Gasteiger partial charge >= 0.3 is 0 Å². The van der Waals surface area contributed by atoms with Crippen LogP contribution in [-0.4, -0.2) is 29.0 Å². The summed E-state index contributed by atoms with van der Waals surface area (Å²) in [6, 6.07) is 3.54. The SMILES string of the molecule is Cc1cc([C@H]2C[C@H](O)[C@@H](CO)O2)c(Cl)cc1Cl. The summed E-state index contributed by atoms with van der Waals surface area (Å²) in [5, 5.41) is 19.8.